The predicted molar refractivity (Wildman–Crippen MR) is 78.8 cm³/mol. The standard InChI is InChI=1S/C12H21N3O2S2/c1-10(2)8-14-3-5-15(6-4-14)19(16,17)12-7-11(13)9-18-12/h7,9-10H,3-6,8,13H2,1-2H3. The average molecular weight is 303 g/mol. The van der Waals surface area contributed by atoms with Crippen molar-refractivity contribution < 1.29 is 8.42 Å². The molecule has 0 aromatic carbocycles. The van der Waals surface area contributed by atoms with Crippen LogP contribution in [0.1, 0.15) is 13.8 Å². The van der Waals surface area contributed by atoms with Gasteiger partial charge in [0.15, 0.2) is 0 Å². The van der Waals surface area contributed by atoms with E-state index < -0.39 is 10.0 Å². The van der Waals surface area contributed by atoms with Crippen LogP contribution >= 0.6 is 11.3 Å². The quantitative estimate of drug-likeness (QED) is 0.910. The molecule has 2 rings (SSSR count). The van der Waals surface area contributed by atoms with Crippen molar-refractivity contribution in [3.05, 3.63) is 11.4 Å². The van der Waals surface area contributed by atoms with Gasteiger partial charge in [-0.25, -0.2) is 8.42 Å². The number of hydrogen-bond acceptors (Lipinski definition) is 5. The van der Waals surface area contributed by atoms with Crippen LogP contribution in [0, 0.1) is 5.92 Å². The molecule has 0 atom stereocenters. The normalized spacial score (nSPS) is 19.1. The van der Waals surface area contributed by atoms with Crippen LogP contribution in [0.2, 0.25) is 0 Å². The summed E-state index contributed by atoms with van der Waals surface area (Å²) >= 11 is 1.19. The van der Waals surface area contributed by atoms with E-state index in [1.807, 2.05) is 0 Å². The van der Waals surface area contributed by atoms with Gasteiger partial charge in [-0.15, -0.1) is 11.3 Å². The van der Waals surface area contributed by atoms with Gasteiger partial charge in [0.2, 0.25) is 0 Å². The molecule has 1 aliphatic rings. The zero-order chi connectivity index (χ0) is 14.0. The molecule has 0 radical (unpaired) electrons. The molecule has 108 valence electrons. The first-order valence-corrected chi connectivity index (χ1v) is 8.78. The van der Waals surface area contributed by atoms with Gasteiger partial charge in [-0.3, -0.25) is 0 Å². The van der Waals surface area contributed by atoms with E-state index in [4.69, 9.17) is 5.73 Å². The average Bonchev–Trinajstić information content (AvgIpc) is 2.76. The Hall–Kier alpha value is -0.630. The van der Waals surface area contributed by atoms with Gasteiger partial charge in [-0.2, -0.15) is 4.31 Å². The van der Waals surface area contributed by atoms with Crippen molar-refractivity contribution in [3.8, 4) is 0 Å². The van der Waals surface area contributed by atoms with Crippen molar-refractivity contribution >= 4 is 27.0 Å². The van der Waals surface area contributed by atoms with E-state index in [0.717, 1.165) is 19.6 Å². The lowest BCUT2D eigenvalue weighted by Gasteiger charge is -2.34. The van der Waals surface area contributed by atoms with Gasteiger partial charge in [0.25, 0.3) is 10.0 Å². The summed E-state index contributed by atoms with van der Waals surface area (Å²) in [6, 6.07) is 1.54. The maximum atomic E-state index is 12.4. The van der Waals surface area contributed by atoms with Crippen molar-refractivity contribution in [2.45, 2.75) is 18.1 Å². The maximum absolute atomic E-state index is 12.4. The van der Waals surface area contributed by atoms with Gasteiger partial charge in [0.05, 0.1) is 0 Å². The molecule has 0 unspecified atom stereocenters. The van der Waals surface area contributed by atoms with Gasteiger partial charge in [0, 0.05) is 43.8 Å². The van der Waals surface area contributed by atoms with Crippen LogP contribution in [0.15, 0.2) is 15.7 Å². The number of hydrogen-bond donors (Lipinski definition) is 1. The third kappa shape index (κ3) is 3.47. The summed E-state index contributed by atoms with van der Waals surface area (Å²) < 4.78 is 26.7. The van der Waals surface area contributed by atoms with Gasteiger partial charge in [-0.05, 0) is 12.0 Å². The highest BCUT2D eigenvalue weighted by Crippen LogP contribution is 2.25. The van der Waals surface area contributed by atoms with Gasteiger partial charge >= 0.3 is 0 Å². The largest absolute Gasteiger partial charge is 0.398 e. The molecule has 5 nitrogen and oxygen atoms in total. The topological polar surface area (TPSA) is 66.6 Å². The highest BCUT2D eigenvalue weighted by atomic mass is 32.2. The van der Waals surface area contributed by atoms with E-state index in [2.05, 4.69) is 18.7 Å². The van der Waals surface area contributed by atoms with E-state index in [1.54, 1.807) is 15.8 Å². The summed E-state index contributed by atoms with van der Waals surface area (Å²) in [4.78, 5) is 2.32. The fourth-order valence-corrected chi connectivity index (χ4v) is 4.92. The minimum Gasteiger partial charge on any atom is -0.398 e. The molecule has 0 bridgehead atoms. The van der Waals surface area contributed by atoms with Crippen LogP contribution in [-0.4, -0.2) is 50.3 Å². The lowest BCUT2D eigenvalue weighted by Crippen LogP contribution is -2.49. The number of thiophene rings is 1. The second-order valence-corrected chi connectivity index (χ2v) is 8.37. The molecule has 7 heteroatoms. The Morgan fingerprint density at radius 3 is 2.42 bits per heavy atom. The fourth-order valence-electron chi connectivity index (χ4n) is 2.26. The van der Waals surface area contributed by atoms with Crippen LogP contribution in [0.25, 0.3) is 0 Å². The highest BCUT2D eigenvalue weighted by molar-refractivity contribution is 7.91. The van der Waals surface area contributed by atoms with Crippen LogP contribution in [0.5, 0.6) is 0 Å². The minimum atomic E-state index is -3.35. The van der Waals surface area contributed by atoms with Crippen molar-refractivity contribution in [1.29, 1.82) is 0 Å². The molecule has 2 heterocycles. The van der Waals surface area contributed by atoms with E-state index in [1.165, 1.54) is 11.3 Å². The Morgan fingerprint density at radius 1 is 1.32 bits per heavy atom. The van der Waals surface area contributed by atoms with E-state index >= 15 is 0 Å². The predicted octanol–water partition coefficient (Wildman–Crippen LogP) is 1.29. The molecule has 1 aromatic heterocycles. The second-order valence-electron chi connectivity index (χ2n) is 5.30. The van der Waals surface area contributed by atoms with E-state index in [9.17, 15) is 8.42 Å². The summed E-state index contributed by atoms with van der Waals surface area (Å²) in [6.07, 6.45) is 0. The number of rotatable bonds is 4. The molecule has 0 amide bonds. The lowest BCUT2D eigenvalue weighted by atomic mass is 10.2. The third-order valence-electron chi connectivity index (χ3n) is 3.14. The molecule has 0 aliphatic carbocycles. The molecule has 2 N–H and O–H groups in total. The number of anilines is 1. The number of nitrogens with two attached hydrogens (primary N) is 1. The Morgan fingerprint density at radius 2 is 1.95 bits per heavy atom. The third-order valence-corrected chi connectivity index (χ3v) is 6.48. The number of sulfonamides is 1. The molecule has 1 fully saturated rings. The Labute approximate surface area is 119 Å². The Bertz CT molecular complexity index is 517. The molecular weight excluding hydrogens is 282 g/mol. The molecule has 1 aromatic rings. The van der Waals surface area contributed by atoms with Crippen molar-refractivity contribution in [1.82, 2.24) is 9.21 Å². The summed E-state index contributed by atoms with van der Waals surface area (Å²) in [7, 11) is -3.35. The van der Waals surface area contributed by atoms with Gasteiger partial charge < -0.3 is 10.6 Å². The first-order chi connectivity index (χ1) is 8.89. The summed E-state index contributed by atoms with van der Waals surface area (Å²) in [5.74, 6) is 0.611. The Balaban J connectivity index is 2.01. The zero-order valence-corrected chi connectivity index (χ0v) is 13.0. The summed E-state index contributed by atoms with van der Waals surface area (Å²) in [5, 5.41) is 1.67. The monoisotopic (exact) mass is 303 g/mol. The smallest absolute Gasteiger partial charge is 0.252 e. The first-order valence-electron chi connectivity index (χ1n) is 6.46. The van der Waals surface area contributed by atoms with Gasteiger partial charge in [0.1, 0.15) is 4.21 Å². The van der Waals surface area contributed by atoms with E-state index in [-0.39, 0.29) is 0 Å². The number of piperazine rings is 1. The molecule has 1 aliphatic heterocycles. The fraction of sp³-hybridized carbons (Fsp3) is 0.667. The lowest BCUT2D eigenvalue weighted by molar-refractivity contribution is 0.172. The maximum Gasteiger partial charge on any atom is 0.252 e. The van der Waals surface area contributed by atoms with Crippen molar-refractivity contribution in [3.63, 3.8) is 0 Å². The Kier molecular flexibility index (Phi) is 4.50. The van der Waals surface area contributed by atoms with Gasteiger partial charge in [-0.1, -0.05) is 13.8 Å². The van der Waals surface area contributed by atoms with Crippen LogP contribution < -0.4 is 5.73 Å². The molecule has 0 spiro atoms. The molecule has 19 heavy (non-hydrogen) atoms. The van der Waals surface area contributed by atoms with Crippen LogP contribution in [0.3, 0.4) is 0 Å². The molecular formula is C12H21N3O2S2. The minimum absolute atomic E-state index is 0.349. The summed E-state index contributed by atoms with van der Waals surface area (Å²) in [6.45, 7) is 8.12. The number of nitrogen functional groups attached to an aromatic ring is 1. The first kappa shape index (κ1) is 14.8. The number of nitrogens with zero attached hydrogens (tertiary/aromatic N) is 2. The van der Waals surface area contributed by atoms with E-state index in [0.29, 0.717) is 28.9 Å². The SMILES string of the molecule is CC(C)CN1CCN(S(=O)(=O)c2cc(N)cs2)CC1. The second kappa shape index (κ2) is 5.78. The molecule has 0 saturated carbocycles. The van der Waals surface area contributed by atoms with Crippen LogP contribution in [0.4, 0.5) is 5.69 Å². The van der Waals surface area contributed by atoms with Crippen molar-refractivity contribution in [2.75, 3.05) is 38.5 Å². The highest BCUT2D eigenvalue weighted by Gasteiger charge is 2.29. The molecule has 1 saturated heterocycles. The van der Waals surface area contributed by atoms with Crippen molar-refractivity contribution in [2.24, 2.45) is 5.92 Å². The van der Waals surface area contributed by atoms with Crippen LogP contribution in [-0.2, 0) is 10.0 Å². The summed E-state index contributed by atoms with van der Waals surface area (Å²) in [5.41, 5.74) is 6.12. The zero-order valence-electron chi connectivity index (χ0n) is 11.4.